The number of carbonyl (C=O) groups excluding carboxylic acids is 1. The molecule has 156 valence electrons. The van der Waals surface area contributed by atoms with Crippen LogP contribution in [-0.2, 0) is 9.53 Å². The normalized spacial score (nSPS) is 20.2. The van der Waals surface area contributed by atoms with Gasteiger partial charge in [0.15, 0.2) is 0 Å². The van der Waals surface area contributed by atoms with E-state index < -0.39 is 5.60 Å². The molecular formula is C23H36N2O3. The number of carbonyl (C=O) groups is 1. The molecule has 0 bridgehead atoms. The first-order chi connectivity index (χ1) is 13.6. The summed E-state index contributed by atoms with van der Waals surface area (Å²) in [5.41, 5.74) is 0.0649. The fourth-order valence-corrected chi connectivity index (χ4v) is 3.86. The van der Waals surface area contributed by atoms with Gasteiger partial charge in [-0.25, -0.2) is 0 Å². The zero-order valence-electron chi connectivity index (χ0n) is 17.5. The van der Waals surface area contributed by atoms with Crippen molar-refractivity contribution in [3.8, 4) is 5.75 Å². The molecule has 1 atom stereocenters. The molecule has 1 aromatic rings. The lowest BCUT2D eigenvalue weighted by Crippen LogP contribution is -2.45. The second kappa shape index (κ2) is 10.3. The van der Waals surface area contributed by atoms with E-state index in [1.165, 1.54) is 38.8 Å². The Labute approximate surface area is 169 Å². The Morgan fingerprint density at radius 1 is 1.11 bits per heavy atom. The first kappa shape index (κ1) is 21.1. The quantitative estimate of drug-likeness (QED) is 0.642. The summed E-state index contributed by atoms with van der Waals surface area (Å²) in [5, 5.41) is 3.03. The average Bonchev–Trinajstić information content (AvgIpc) is 3.55. The maximum absolute atomic E-state index is 12.8. The molecule has 1 heterocycles. The van der Waals surface area contributed by atoms with Crippen molar-refractivity contribution in [2.24, 2.45) is 5.92 Å². The summed E-state index contributed by atoms with van der Waals surface area (Å²) in [6.45, 7) is 8.67. The van der Waals surface area contributed by atoms with E-state index in [4.69, 9.17) is 9.47 Å². The van der Waals surface area contributed by atoms with E-state index in [9.17, 15) is 4.79 Å². The van der Waals surface area contributed by atoms with Crippen LogP contribution in [0.3, 0.4) is 0 Å². The molecule has 1 aliphatic heterocycles. The summed E-state index contributed by atoms with van der Waals surface area (Å²) in [7, 11) is 0. The number of hydrogen-bond donors (Lipinski definition) is 1. The van der Waals surface area contributed by atoms with Gasteiger partial charge in [0.05, 0.1) is 0 Å². The van der Waals surface area contributed by atoms with Crippen molar-refractivity contribution in [1.29, 1.82) is 0 Å². The molecule has 1 aromatic carbocycles. The van der Waals surface area contributed by atoms with E-state index in [1.807, 2.05) is 31.2 Å². The van der Waals surface area contributed by atoms with Gasteiger partial charge < -0.3 is 14.8 Å². The summed E-state index contributed by atoms with van der Waals surface area (Å²) < 4.78 is 11.8. The molecule has 5 heteroatoms. The van der Waals surface area contributed by atoms with Crippen LogP contribution in [0.1, 0.15) is 58.8 Å². The van der Waals surface area contributed by atoms with E-state index in [-0.39, 0.29) is 5.91 Å². The molecule has 0 aromatic heterocycles. The molecular weight excluding hydrogens is 352 g/mol. The maximum atomic E-state index is 12.8. The van der Waals surface area contributed by atoms with Gasteiger partial charge in [-0.2, -0.15) is 0 Å². The van der Waals surface area contributed by atoms with Gasteiger partial charge in [0.25, 0.3) is 5.91 Å². The van der Waals surface area contributed by atoms with Crippen molar-refractivity contribution in [3.63, 3.8) is 0 Å². The summed E-state index contributed by atoms with van der Waals surface area (Å²) >= 11 is 0. The molecule has 2 fully saturated rings. The van der Waals surface area contributed by atoms with Gasteiger partial charge in [-0.3, -0.25) is 9.69 Å². The van der Waals surface area contributed by atoms with E-state index in [0.717, 1.165) is 37.2 Å². The van der Waals surface area contributed by atoms with E-state index >= 15 is 0 Å². The predicted molar refractivity (Wildman–Crippen MR) is 113 cm³/mol. The smallest absolute Gasteiger partial charge is 0.256 e. The molecule has 5 nitrogen and oxygen atoms in total. The van der Waals surface area contributed by atoms with Crippen LogP contribution in [0.15, 0.2) is 24.3 Å². The lowest BCUT2D eigenvalue weighted by molar-refractivity contribution is -0.142. The maximum Gasteiger partial charge on any atom is 0.256 e. The third kappa shape index (κ3) is 5.95. The van der Waals surface area contributed by atoms with Crippen LogP contribution in [0.25, 0.3) is 0 Å². The molecule has 1 N–H and O–H groups in total. The van der Waals surface area contributed by atoms with Crippen molar-refractivity contribution in [2.45, 2.75) is 64.4 Å². The lowest BCUT2D eigenvalue weighted by atomic mass is 9.98. The van der Waals surface area contributed by atoms with Gasteiger partial charge in [-0.1, -0.05) is 19.8 Å². The van der Waals surface area contributed by atoms with Gasteiger partial charge in [0, 0.05) is 18.8 Å². The van der Waals surface area contributed by atoms with Crippen LogP contribution < -0.4 is 10.1 Å². The monoisotopic (exact) mass is 388 g/mol. The number of nitrogens with one attached hydrogen (secondary N) is 1. The average molecular weight is 389 g/mol. The SMILES string of the molecule is CCCO[C@@](C)(C(=O)Nc1ccc(OCCN2CCCCCC2)cc1)C1CC1. The number of rotatable bonds is 10. The number of amides is 1. The number of ether oxygens (including phenoxy) is 2. The van der Waals surface area contributed by atoms with Crippen LogP contribution in [-0.4, -0.2) is 49.3 Å². The first-order valence-corrected chi connectivity index (χ1v) is 11.0. The molecule has 28 heavy (non-hydrogen) atoms. The minimum atomic E-state index is -0.724. The third-order valence-electron chi connectivity index (χ3n) is 5.90. The first-order valence-electron chi connectivity index (χ1n) is 11.0. The third-order valence-corrected chi connectivity index (χ3v) is 5.90. The minimum Gasteiger partial charge on any atom is -0.492 e. The van der Waals surface area contributed by atoms with E-state index in [0.29, 0.717) is 19.1 Å². The topological polar surface area (TPSA) is 50.8 Å². The predicted octanol–water partition coefficient (Wildman–Crippen LogP) is 4.48. The molecule has 2 aliphatic rings. The second-order valence-corrected chi connectivity index (χ2v) is 8.31. The zero-order chi connectivity index (χ0) is 19.8. The Balaban J connectivity index is 1.46. The number of benzene rings is 1. The van der Waals surface area contributed by atoms with E-state index in [1.54, 1.807) is 0 Å². The number of nitrogens with zero attached hydrogens (tertiary/aromatic N) is 1. The Kier molecular flexibility index (Phi) is 7.74. The molecule has 1 saturated heterocycles. The van der Waals surface area contributed by atoms with Gasteiger partial charge in [0.2, 0.25) is 0 Å². The number of hydrogen-bond acceptors (Lipinski definition) is 4. The van der Waals surface area contributed by atoms with Gasteiger partial charge >= 0.3 is 0 Å². The summed E-state index contributed by atoms with van der Waals surface area (Å²) in [6.07, 6.45) is 8.36. The van der Waals surface area contributed by atoms with Crippen LogP contribution in [0, 0.1) is 5.92 Å². The fraction of sp³-hybridized carbons (Fsp3) is 0.696. The molecule has 1 amide bonds. The highest BCUT2D eigenvalue weighted by molar-refractivity contribution is 5.97. The van der Waals surface area contributed by atoms with Crippen molar-refractivity contribution >= 4 is 11.6 Å². The Morgan fingerprint density at radius 2 is 1.79 bits per heavy atom. The van der Waals surface area contributed by atoms with Gasteiger partial charge in [0.1, 0.15) is 18.0 Å². The Hall–Kier alpha value is -1.59. The van der Waals surface area contributed by atoms with Crippen molar-refractivity contribution < 1.29 is 14.3 Å². The van der Waals surface area contributed by atoms with Crippen LogP contribution in [0.2, 0.25) is 0 Å². The van der Waals surface area contributed by atoms with Crippen LogP contribution >= 0.6 is 0 Å². The van der Waals surface area contributed by atoms with Crippen LogP contribution in [0.5, 0.6) is 5.75 Å². The summed E-state index contributed by atoms with van der Waals surface area (Å²) in [6, 6.07) is 7.68. The van der Waals surface area contributed by atoms with Crippen molar-refractivity contribution in [1.82, 2.24) is 4.90 Å². The molecule has 0 unspecified atom stereocenters. The van der Waals surface area contributed by atoms with Crippen LogP contribution in [0.4, 0.5) is 5.69 Å². The van der Waals surface area contributed by atoms with E-state index in [2.05, 4.69) is 17.1 Å². The molecule has 0 radical (unpaired) electrons. The molecule has 1 saturated carbocycles. The highest BCUT2D eigenvalue weighted by atomic mass is 16.5. The molecule has 1 aliphatic carbocycles. The van der Waals surface area contributed by atoms with Crippen molar-refractivity contribution in [3.05, 3.63) is 24.3 Å². The standard InChI is InChI=1S/C23H36N2O3/c1-3-17-28-23(2,19-8-9-19)22(26)24-20-10-12-21(13-11-20)27-18-16-25-14-6-4-5-7-15-25/h10-13,19H,3-9,14-18H2,1-2H3,(H,24,26)/t23-/m1/s1. The highest BCUT2D eigenvalue weighted by Crippen LogP contribution is 2.42. The second-order valence-electron chi connectivity index (χ2n) is 8.31. The van der Waals surface area contributed by atoms with Gasteiger partial charge in [-0.15, -0.1) is 0 Å². The molecule has 0 spiro atoms. The summed E-state index contributed by atoms with van der Waals surface area (Å²) in [5.74, 6) is 1.14. The highest BCUT2D eigenvalue weighted by Gasteiger charge is 2.48. The number of likely N-dealkylation sites (tertiary alicyclic amines) is 1. The Morgan fingerprint density at radius 3 is 2.39 bits per heavy atom. The lowest BCUT2D eigenvalue weighted by Gasteiger charge is -2.28. The zero-order valence-corrected chi connectivity index (χ0v) is 17.5. The Bertz CT molecular complexity index is 607. The van der Waals surface area contributed by atoms with Gasteiger partial charge in [-0.05, 0) is 82.3 Å². The van der Waals surface area contributed by atoms with Crippen molar-refractivity contribution in [2.75, 3.05) is 38.2 Å². The largest absolute Gasteiger partial charge is 0.492 e. The summed E-state index contributed by atoms with van der Waals surface area (Å²) in [4.78, 5) is 15.3. The fourth-order valence-electron chi connectivity index (χ4n) is 3.86. The number of anilines is 1. The minimum absolute atomic E-state index is 0.0433. The molecule has 3 rings (SSSR count).